The number of aryl methyl sites for hydroxylation is 2. The van der Waals surface area contributed by atoms with E-state index in [1.165, 1.54) is 40.3 Å². The number of fused-ring (bicyclic) bond motifs is 1. The number of hydrogen-bond donors (Lipinski definition) is 1. The number of hydrogen-bond acceptors (Lipinski definition) is 2. The summed E-state index contributed by atoms with van der Waals surface area (Å²) >= 11 is 0. The molecule has 0 amide bonds. The molecule has 0 saturated carbocycles. The van der Waals surface area contributed by atoms with Crippen LogP contribution in [0.25, 0.3) is 11.3 Å². The van der Waals surface area contributed by atoms with E-state index in [9.17, 15) is 0 Å². The van der Waals surface area contributed by atoms with Crippen LogP contribution in [0.1, 0.15) is 29.1 Å². The molecule has 1 aliphatic heterocycles. The van der Waals surface area contributed by atoms with Crippen molar-refractivity contribution >= 4 is 0 Å². The molecule has 3 heteroatoms. The van der Waals surface area contributed by atoms with Crippen LogP contribution in [0.3, 0.4) is 0 Å². The lowest BCUT2D eigenvalue weighted by atomic mass is 10.0. The number of nitrogens with one attached hydrogen (secondary N) is 1. The summed E-state index contributed by atoms with van der Waals surface area (Å²) in [5.41, 5.74) is 6.59. The Morgan fingerprint density at radius 2 is 2.15 bits per heavy atom. The third-order valence-electron chi connectivity index (χ3n) is 4.19. The lowest BCUT2D eigenvalue weighted by Gasteiger charge is -2.06. The first-order chi connectivity index (χ1) is 9.70. The minimum atomic E-state index is 0.989. The zero-order valence-corrected chi connectivity index (χ0v) is 12.7. The van der Waals surface area contributed by atoms with E-state index < -0.39 is 0 Å². The number of likely N-dealkylation sites (N-methyl/N-ethyl adjacent to an activating group) is 1. The molecule has 0 fully saturated rings. The fourth-order valence-electron chi connectivity index (χ4n) is 3.09. The molecule has 0 aliphatic carbocycles. The molecule has 0 atom stereocenters. The molecule has 0 spiro atoms. The normalized spacial score (nSPS) is 13.8. The van der Waals surface area contributed by atoms with E-state index in [0.29, 0.717) is 0 Å². The van der Waals surface area contributed by atoms with Crippen molar-refractivity contribution in [3.05, 3.63) is 40.8 Å². The van der Waals surface area contributed by atoms with Crippen molar-refractivity contribution in [2.24, 2.45) is 0 Å². The average Bonchev–Trinajstić information content (AvgIpc) is 3.02. The van der Waals surface area contributed by atoms with Gasteiger partial charge in [0.1, 0.15) is 5.82 Å². The van der Waals surface area contributed by atoms with Crippen molar-refractivity contribution in [1.82, 2.24) is 14.9 Å². The third-order valence-corrected chi connectivity index (χ3v) is 4.19. The highest BCUT2D eigenvalue weighted by Gasteiger charge is 2.22. The molecule has 0 bridgehead atoms. The SMILES string of the molecule is CNCCc1nc(-c2cc(C)ccc2C)c2n1CCC2. The van der Waals surface area contributed by atoms with Crippen LogP contribution in [-0.2, 0) is 19.4 Å². The van der Waals surface area contributed by atoms with Crippen molar-refractivity contribution in [3.8, 4) is 11.3 Å². The van der Waals surface area contributed by atoms with Crippen LogP contribution in [0.15, 0.2) is 18.2 Å². The zero-order chi connectivity index (χ0) is 14.1. The van der Waals surface area contributed by atoms with Crippen LogP contribution < -0.4 is 5.32 Å². The van der Waals surface area contributed by atoms with E-state index in [2.05, 4.69) is 41.9 Å². The topological polar surface area (TPSA) is 29.9 Å². The van der Waals surface area contributed by atoms with Gasteiger partial charge >= 0.3 is 0 Å². The number of rotatable bonds is 4. The van der Waals surface area contributed by atoms with Crippen molar-refractivity contribution in [2.75, 3.05) is 13.6 Å². The number of nitrogens with zero attached hydrogens (tertiary/aromatic N) is 2. The van der Waals surface area contributed by atoms with Gasteiger partial charge in [-0.2, -0.15) is 0 Å². The summed E-state index contributed by atoms with van der Waals surface area (Å²) in [6.07, 6.45) is 3.42. The molecular formula is C17H23N3. The Morgan fingerprint density at radius 1 is 1.30 bits per heavy atom. The Kier molecular flexibility index (Phi) is 3.62. The highest BCUT2D eigenvalue weighted by molar-refractivity contribution is 5.67. The Labute approximate surface area is 121 Å². The maximum absolute atomic E-state index is 4.96. The quantitative estimate of drug-likeness (QED) is 0.925. The van der Waals surface area contributed by atoms with E-state index in [1.54, 1.807) is 0 Å². The standard InChI is InChI=1S/C17H23N3/c1-12-6-7-13(2)14(11-12)17-15-5-4-10-20(15)16(19-17)8-9-18-3/h6-7,11,18H,4-5,8-10H2,1-3H3. The van der Waals surface area contributed by atoms with Gasteiger partial charge in [0, 0.05) is 30.8 Å². The molecule has 106 valence electrons. The summed E-state index contributed by atoms with van der Waals surface area (Å²) in [6, 6.07) is 6.66. The van der Waals surface area contributed by atoms with E-state index in [-0.39, 0.29) is 0 Å². The van der Waals surface area contributed by atoms with Gasteiger partial charge < -0.3 is 9.88 Å². The summed E-state index contributed by atoms with van der Waals surface area (Å²) in [4.78, 5) is 4.96. The van der Waals surface area contributed by atoms with Crippen LogP contribution in [0.2, 0.25) is 0 Å². The first-order valence-corrected chi connectivity index (χ1v) is 7.51. The van der Waals surface area contributed by atoms with Gasteiger partial charge in [-0.1, -0.05) is 17.7 Å². The molecule has 2 aromatic rings. The van der Waals surface area contributed by atoms with Gasteiger partial charge in [0.25, 0.3) is 0 Å². The number of aromatic nitrogens is 2. The molecule has 1 aromatic carbocycles. The second-order valence-electron chi connectivity index (χ2n) is 5.75. The second kappa shape index (κ2) is 5.41. The maximum Gasteiger partial charge on any atom is 0.110 e. The summed E-state index contributed by atoms with van der Waals surface area (Å²) in [5.74, 6) is 1.24. The van der Waals surface area contributed by atoms with Gasteiger partial charge in [-0.15, -0.1) is 0 Å². The lowest BCUT2D eigenvalue weighted by Crippen LogP contribution is -2.13. The summed E-state index contributed by atoms with van der Waals surface area (Å²) in [7, 11) is 2.00. The minimum Gasteiger partial charge on any atom is -0.331 e. The molecule has 3 rings (SSSR count). The third kappa shape index (κ3) is 2.27. The maximum atomic E-state index is 4.96. The van der Waals surface area contributed by atoms with Crippen molar-refractivity contribution in [1.29, 1.82) is 0 Å². The molecule has 3 nitrogen and oxygen atoms in total. The molecule has 0 unspecified atom stereocenters. The van der Waals surface area contributed by atoms with Crippen LogP contribution in [-0.4, -0.2) is 23.1 Å². The number of benzene rings is 1. The number of imidazole rings is 1. The molecule has 1 N–H and O–H groups in total. The van der Waals surface area contributed by atoms with Crippen LogP contribution in [0.5, 0.6) is 0 Å². The first-order valence-electron chi connectivity index (χ1n) is 7.51. The van der Waals surface area contributed by atoms with Gasteiger partial charge in [-0.05, 0) is 45.4 Å². The largest absolute Gasteiger partial charge is 0.331 e. The van der Waals surface area contributed by atoms with E-state index in [4.69, 9.17) is 4.98 Å². The molecular weight excluding hydrogens is 246 g/mol. The first kappa shape index (κ1) is 13.4. The molecule has 1 aliphatic rings. The van der Waals surface area contributed by atoms with Gasteiger partial charge in [-0.25, -0.2) is 4.98 Å². The summed E-state index contributed by atoms with van der Waals surface area (Å²) < 4.78 is 2.44. The van der Waals surface area contributed by atoms with Gasteiger partial charge in [0.15, 0.2) is 0 Å². The van der Waals surface area contributed by atoms with Crippen LogP contribution in [0.4, 0.5) is 0 Å². The minimum absolute atomic E-state index is 0.989. The fraction of sp³-hybridized carbons (Fsp3) is 0.471. The Balaban J connectivity index is 2.07. The van der Waals surface area contributed by atoms with Crippen LogP contribution in [0, 0.1) is 13.8 Å². The Bertz CT molecular complexity index is 625. The highest BCUT2D eigenvalue weighted by Crippen LogP contribution is 2.32. The van der Waals surface area contributed by atoms with Crippen LogP contribution >= 0.6 is 0 Å². The highest BCUT2D eigenvalue weighted by atomic mass is 15.1. The van der Waals surface area contributed by atoms with Crippen molar-refractivity contribution in [3.63, 3.8) is 0 Å². The summed E-state index contributed by atoms with van der Waals surface area (Å²) in [6.45, 7) is 6.46. The van der Waals surface area contributed by atoms with Gasteiger partial charge in [0.2, 0.25) is 0 Å². The summed E-state index contributed by atoms with van der Waals surface area (Å²) in [5, 5.41) is 3.22. The predicted octanol–water partition coefficient (Wildman–Crippen LogP) is 2.88. The predicted molar refractivity (Wildman–Crippen MR) is 83.1 cm³/mol. The van der Waals surface area contributed by atoms with Gasteiger partial charge in [-0.3, -0.25) is 0 Å². The van der Waals surface area contributed by atoms with Gasteiger partial charge in [0.05, 0.1) is 5.69 Å². The van der Waals surface area contributed by atoms with Crippen molar-refractivity contribution < 1.29 is 0 Å². The Morgan fingerprint density at radius 3 is 2.95 bits per heavy atom. The average molecular weight is 269 g/mol. The van der Waals surface area contributed by atoms with E-state index in [1.807, 2.05) is 7.05 Å². The van der Waals surface area contributed by atoms with Crippen molar-refractivity contribution in [2.45, 2.75) is 39.7 Å². The molecule has 1 aromatic heterocycles. The smallest absolute Gasteiger partial charge is 0.110 e. The van der Waals surface area contributed by atoms with E-state index >= 15 is 0 Å². The zero-order valence-electron chi connectivity index (χ0n) is 12.7. The Hall–Kier alpha value is -1.61. The molecule has 20 heavy (non-hydrogen) atoms. The molecule has 0 saturated heterocycles. The lowest BCUT2D eigenvalue weighted by molar-refractivity contribution is 0.663. The monoisotopic (exact) mass is 269 g/mol. The second-order valence-corrected chi connectivity index (χ2v) is 5.75. The van der Waals surface area contributed by atoms with E-state index in [0.717, 1.165) is 25.9 Å². The molecule has 2 heterocycles. The molecule has 0 radical (unpaired) electrons. The fourth-order valence-corrected chi connectivity index (χ4v) is 3.09.